The number of piperazine rings is 1. The van der Waals surface area contributed by atoms with E-state index in [0.717, 1.165) is 32.7 Å². The molecule has 1 amide bonds. The molecule has 3 N–H and O–H groups in total. The number of primary amides is 1. The summed E-state index contributed by atoms with van der Waals surface area (Å²) >= 11 is 0. The molecule has 0 aliphatic carbocycles. The predicted molar refractivity (Wildman–Crippen MR) is 58.5 cm³/mol. The van der Waals surface area contributed by atoms with Gasteiger partial charge in [0.05, 0.1) is 6.61 Å². The Labute approximate surface area is 90.9 Å². The quantitative estimate of drug-likeness (QED) is 0.568. The van der Waals surface area contributed by atoms with Gasteiger partial charge in [-0.05, 0) is 6.42 Å². The highest BCUT2D eigenvalue weighted by molar-refractivity contribution is 5.80. The Morgan fingerprint density at radius 1 is 1.60 bits per heavy atom. The summed E-state index contributed by atoms with van der Waals surface area (Å²) < 4.78 is 5.40. The van der Waals surface area contributed by atoms with Crippen LogP contribution in [-0.2, 0) is 9.53 Å². The number of carbonyl (C=O) groups excluding carboxylic acids is 1. The Hall–Kier alpha value is -0.650. The van der Waals surface area contributed by atoms with Crippen molar-refractivity contribution in [3.63, 3.8) is 0 Å². The summed E-state index contributed by atoms with van der Waals surface area (Å²) in [5, 5.41) is 3.16. The minimum atomic E-state index is -0.252. The number of carbonyl (C=O) groups is 1. The third-order valence-corrected chi connectivity index (χ3v) is 2.55. The second-order valence-electron chi connectivity index (χ2n) is 3.77. The molecular weight excluding hydrogens is 194 g/mol. The minimum Gasteiger partial charge on any atom is -0.380 e. The van der Waals surface area contributed by atoms with Crippen LogP contribution in [0.4, 0.5) is 0 Å². The maximum atomic E-state index is 11.2. The summed E-state index contributed by atoms with van der Waals surface area (Å²) in [6.07, 6.45) is 1.03. The van der Waals surface area contributed by atoms with Crippen LogP contribution in [0, 0.1) is 0 Å². The van der Waals surface area contributed by atoms with Gasteiger partial charge in [-0.15, -0.1) is 0 Å². The molecule has 0 saturated carbocycles. The van der Waals surface area contributed by atoms with E-state index in [9.17, 15) is 4.79 Å². The van der Waals surface area contributed by atoms with Crippen molar-refractivity contribution in [3.8, 4) is 0 Å². The van der Waals surface area contributed by atoms with Crippen molar-refractivity contribution >= 4 is 5.91 Å². The lowest BCUT2D eigenvalue weighted by Gasteiger charge is -2.33. The molecular formula is C10H21N3O2. The smallest absolute Gasteiger partial charge is 0.236 e. The van der Waals surface area contributed by atoms with Gasteiger partial charge < -0.3 is 15.8 Å². The van der Waals surface area contributed by atoms with Crippen LogP contribution < -0.4 is 11.1 Å². The monoisotopic (exact) mass is 215 g/mol. The van der Waals surface area contributed by atoms with Crippen LogP contribution in [-0.4, -0.2) is 56.2 Å². The molecule has 5 nitrogen and oxygen atoms in total. The molecule has 88 valence electrons. The first-order valence-electron chi connectivity index (χ1n) is 5.57. The average Bonchev–Trinajstić information content (AvgIpc) is 2.25. The second kappa shape index (κ2) is 6.76. The minimum absolute atomic E-state index is 0.177. The molecule has 1 atom stereocenters. The summed E-state index contributed by atoms with van der Waals surface area (Å²) in [6.45, 7) is 6.76. The number of hydrogen-bond donors (Lipinski definition) is 2. The first-order chi connectivity index (χ1) is 7.25. The van der Waals surface area contributed by atoms with Crippen LogP contribution in [0.5, 0.6) is 0 Å². The standard InChI is InChI=1S/C10H21N3O2/c1-2-6-15-7-5-13-4-3-12-8-9(13)10(11)14/h9,12H,2-8H2,1H3,(H2,11,14). The number of nitrogens with zero attached hydrogens (tertiary/aromatic N) is 1. The molecule has 0 aromatic heterocycles. The number of rotatable bonds is 6. The fraction of sp³-hybridized carbons (Fsp3) is 0.900. The van der Waals surface area contributed by atoms with Crippen molar-refractivity contribution in [3.05, 3.63) is 0 Å². The van der Waals surface area contributed by atoms with Crippen LogP contribution in [0.1, 0.15) is 13.3 Å². The molecule has 1 heterocycles. The van der Waals surface area contributed by atoms with Gasteiger partial charge in [0.1, 0.15) is 6.04 Å². The maximum Gasteiger partial charge on any atom is 0.236 e. The first-order valence-corrected chi connectivity index (χ1v) is 5.57. The van der Waals surface area contributed by atoms with E-state index in [2.05, 4.69) is 17.1 Å². The van der Waals surface area contributed by atoms with Gasteiger partial charge in [0, 0.05) is 32.8 Å². The Bertz CT molecular complexity index is 199. The third kappa shape index (κ3) is 4.15. The zero-order valence-corrected chi connectivity index (χ0v) is 9.37. The van der Waals surface area contributed by atoms with Gasteiger partial charge in [0.2, 0.25) is 5.91 Å². The largest absolute Gasteiger partial charge is 0.380 e. The van der Waals surface area contributed by atoms with Gasteiger partial charge in [-0.1, -0.05) is 6.92 Å². The van der Waals surface area contributed by atoms with E-state index in [-0.39, 0.29) is 11.9 Å². The lowest BCUT2D eigenvalue weighted by molar-refractivity contribution is -0.124. The summed E-state index contributed by atoms with van der Waals surface area (Å²) in [6, 6.07) is -0.177. The fourth-order valence-electron chi connectivity index (χ4n) is 1.72. The van der Waals surface area contributed by atoms with E-state index in [0.29, 0.717) is 13.2 Å². The fourth-order valence-corrected chi connectivity index (χ4v) is 1.72. The summed E-state index contributed by atoms with van der Waals surface area (Å²) in [5.74, 6) is -0.252. The van der Waals surface area contributed by atoms with Crippen molar-refractivity contribution < 1.29 is 9.53 Å². The molecule has 15 heavy (non-hydrogen) atoms. The van der Waals surface area contributed by atoms with Crippen molar-refractivity contribution in [2.45, 2.75) is 19.4 Å². The molecule has 5 heteroatoms. The van der Waals surface area contributed by atoms with Crippen LogP contribution in [0.15, 0.2) is 0 Å². The van der Waals surface area contributed by atoms with E-state index < -0.39 is 0 Å². The lowest BCUT2D eigenvalue weighted by Crippen LogP contribution is -2.57. The Morgan fingerprint density at radius 2 is 2.40 bits per heavy atom. The molecule has 1 aliphatic rings. The molecule has 1 fully saturated rings. The van der Waals surface area contributed by atoms with Gasteiger partial charge in [-0.3, -0.25) is 9.69 Å². The molecule has 1 unspecified atom stereocenters. The zero-order chi connectivity index (χ0) is 11.1. The highest BCUT2D eigenvalue weighted by atomic mass is 16.5. The zero-order valence-electron chi connectivity index (χ0n) is 9.37. The number of nitrogens with one attached hydrogen (secondary N) is 1. The van der Waals surface area contributed by atoms with E-state index in [1.807, 2.05) is 0 Å². The van der Waals surface area contributed by atoms with Crippen molar-refractivity contribution in [2.75, 3.05) is 39.4 Å². The van der Waals surface area contributed by atoms with E-state index in [1.54, 1.807) is 0 Å². The van der Waals surface area contributed by atoms with Crippen LogP contribution in [0.3, 0.4) is 0 Å². The summed E-state index contributed by atoms with van der Waals surface area (Å²) in [7, 11) is 0. The maximum absolute atomic E-state index is 11.2. The SMILES string of the molecule is CCCOCCN1CCNCC1C(N)=O. The van der Waals surface area contributed by atoms with E-state index in [4.69, 9.17) is 10.5 Å². The van der Waals surface area contributed by atoms with Crippen LogP contribution in [0.25, 0.3) is 0 Å². The van der Waals surface area contributed by atoms with E-state index >= 15 is 0 Å². The van der Waals surface area contributed by atoms with Crippen molar-refractivity contribution in [1.29, 1.82) is 0 Å². The molecule has 1 aliphatic heterocycles. The topological polar surface area (TPSA) is 67.6 Å². The Kier molecular flexibility index (Phi) is 5.60. The first kappa shape index (κ1) is 12.4. The van der Waals surface area contributed by atoms with Gasteiger partial charge in [-0.2, -0.15) is 0 Å². The molecule has 1 saturated heterocycles. The van der Waals surface area contributed by atoms with Crippen molar-refractivity contribution in [1.82, 2.24) is 10.2 Å². The van der Waals surface area contributed by atoms with Gasteiger partial charge in [0.15, 0.2) is 0 Å². The van der Waals surface area contributed by atoms with E-state index in [1.165, 1.54) is 0 Å². The van der Waals surface area contributed by atoms with Crippen LogP contribution >= 0.6 is 0 Å². The molecule has 0 spiro atoms. The molecule has 0 aromatic carbocycles. The average molecular weight is 215 g/mol. The predicted octanol–water partition coefficient (Wildman–Crippen LogP) is -0.828. The molecule has 1 rings (SSSR count). The Balaban J connectivity index is 2.26. The van der Waals surface area contributed by atoms with Gasteiger partial charge >= 0.3 is 0 Å². The number of hydrogen-bond acceptors (Lipinski definition) is 4. The van der Waals surface area contributed by atoms with Gasteiger partial charge in [-0.25, -0.2) is 0 Å². The normalized spacial score (nSPS) is 22.9. The highest BCUT2D eigenvalue weighted by Crippen LogP contribution is 2.02. The molecule has 0 radical (unpaired) electrons. The molecule has 0 aromatic rings. The summed E-state index contributed by atoms with van der Waals surface area (Å²) in [4.78, 5) is 13.2. The van der Waals surface area contributed by atoms with Crippen molar-refractivity contribution in [2.24, 2.45) is 5.73 Å². The van der Waals surface area contributed by atoms with Gasteiger partial charge in [0.25, 0.3) is 0 Å². The summed E-state index contributed by atoms with van der Waals surface area (Å²) in [5.41, 5.74) is 5.33. The lowest BCUT2D eigenvalue weighted by atomic mass is 10.2. The highest BCUT2D eigenvalue weighted by Gasteiger charge is 2.25. The van der Waals surface area contributed by atoms with Crippen LogP contribution in [0.2, 0.25) is 0 Å². The number of ether oxygens (including phenoxy) is 1. The third-order valence-electron chi connectivity index (χ3n) is 2.55. The number of nitrogens with two attached hydrogens (primary N) is 1. The number of amides is 1. The second-order valence-corrected chi connectivity index (χ2v) is 3.77. The Morgan fingerprint density at radius 3 is 3.07 bits per heavy atom. The molecule has 0 bridgehead atoms.